The summed E-state index contributed by atoms with van der Waals surface area (Å²) >= 11 is 0. The molecule has 1 spiro atoms. The number of nitrogens with zero attached hydrogens (tertiary/aromatic N) is 3. The second-order valence-corrected chi connectivity index (χ2v) is 15.5. The Morgan fingerprint density at radius 3 is 2.22 bits per heavy atom. The summed E-state index contributed by atoms with van der Waals surface area (Å²) < 4.78 is 32.5. The Balaban J connectivity index is 1.43. The highest BCUT2D eigenvalue weighted by Crippen LogP contribution is 2.38. The van der Waals surface area contributed by atoms with Crippen molar-refractivity contribution in [3.05, 3.63) is 39.0 Å². The molecule has 6 rings (SSSR count). The lowest BCUT2D eigenvalue weighted by atomic mass is 9.78. The summed E-state index contributed by atoms with van der Waals surface area (Å²) in [6.45, 7) is 3.57. The maximum absolute atomic E-state index is 14.1. The molecule has 10 heteroatoms. The summed E-state index contributed by atoms with van der Waals surface area (Å²) in [5.74, 6) is 0.499. The summed E-state index contributed by atoms with van der Waals surface area (Å²) in [5.41, 5.74) is 3.11. The first-order valence-electron chi connectivity index (χ1n) is 15.9. The van der Waals surface area contributed by atoms with Crippen LogP contribution in [0.2, 0.25) is 0 Å². The van der Waals surface area contributed by atoms with Gasteiger partial charge in [-0.1, -0.05) is 51.4 Å². The molecule has 4 aliphatic rings. The monoisotopic (exact) mass is 585 g/mol. The van der Waals surface area contributed by atoms with Crippen molar-refractivity contribution >= 4 is 20.9 Å². The number of hydrazine groups is 1. The van der Waals surface area contributed by atoms with Crippen LogP contribution in [0.5, 0.6) is 0 Å². The second kappa shape index (κ2) is 11.2. The van der Waals surface area contributed by atoms with E-state index < -0.39 is 15.6 Å². The normalized spacial score (nSPS) is 25.4. The first-order chi connectivity index (χ1) is 19.6. The molecule has 0 amide bonds. The van der Waals surface area contributed by atoms with E-state index in [1.54, 1.807) is 16.7 Å². The van der Waals surface area contributed by atoms with Crippen molar-refractivity contribution in [2.45, 2.75) is 126 Å². The van der Waals surface area contributed by atoms with Crippen molar-refractivity contribution in [1.82, 2.24) is 24.3 Å². The van der Waals surface area contributed by atoms with E-state index in [9.17, 15) is 18.0 Å². The minimum atomic E-state index is -3.79. The Kier molecular flexibility index (Phi) is 7.98. The van der Waals surface area contributed by atoms with E-state index in [4.69, 9.17) is 0 Å². The minimum Gasteiger partial charge on any atom is -0.293 e. The lowest BCUT2D eigenvalue weighted by Crippen LogP contribution is -2.51. The van der Waals surface area contributed by atoms with E-state index in [1.165, 1.54) is 36.3 Å². The zero-order valence-corrected chi connectivity index (χ0v) is 25.6. The van der Waals surface area contributed by atoms with E-state index in [1.807, 2.05) is 6.92 Å². The third kappa shape index (κ3) is 5.94. The molecule has 4 fully saturated rings. The van der Waals surface area contributed by atoms with Gasteiger partial charge in [-0.2, -0.15) is 0 Å². The zero-order valence-electron chi connectivity index (χ0n) is 24.8. The summed E-state index contributed by atoms with van der Waals surface area (Å²) in [7, 11) is -1.73. The van der Waals surface area contributed by atoms with Crippen LogP contribution in [-0.4, -0.2) is 47.2 Å². The van der Waals surface area contributed by atoms with Crippen LogP contribution in [0.3, 0.4) is 0 Å². The molecule has 2 N–H and O–H groups in total. The van der Waals surface area contributed by atoms with Gasteiger partial charge in [-0.25, -0.2) is 28.4 Å². The van der Waals surface area contributed by atoms with Gasteiger partial charge in [0.15, 0.2) is 0 Å². The van der Waals surface area contributed by atoms with Gasteiger partial charge in [0.05, 0.1) is 15.8 Å². The van der Waals surface area contributed by atoms with Gasteiger partial charge < -0.3 is 0 Å². The predicted molar refractivity (Wildman–Crippen MR) is 161 cm³/mol. The maximum atomic E-state index is 14.1. The van der Waals surface area contributed by atoms with Crippen LogP contribution in [0.25, 0.3) is 10.9 Å². The molecule has 3 aliphatic carbocycles. The molecule has 1 unspecified atom stereocenters. The number of hydrogen-bond acceptors (Lipinski definition) is 6. The van der Waals surface area contributed by atoms with Crippen molar-refractivity contribution in [1.29, 1.82) is 0 Å². The number of sulfonamides is 1. The van der Waals surface area contributed by atoms with Crippen LogP contribution in [0, 0.1) is 11.8 Å². The standard InChI is InChI=1S/C31H47N5O4S/c1-30(17-18-30)33-41(39,40)25-13-14-27-26(19-25)28(37)36(29(38)35(27)20-23-11-7-8-12-23)22-24-21-34(2)32-31(24)15-9-5-3-4-6-10-16-31/h13-14,19,23-24,32-33H,3-12,15-18,20-22H2,1-2H3. The first kappa shape index (κ1) is 29.1. The highest BCUT2D eigenvalue weighted by molar-refractivity contribution is 7.89. The molecule has 1 saturated heterocycles. The Hall–Kier alpha value is -2.01. The molecule has 9 nitrogen and oxygen atoms in total. The molecule has 2 aromatic rings. The van der Waals surface area contributed by atoms with E-state index >= 15 is 0 Å². The number of nitrogens with one attached hydrogen (secondary N) is 2. The van der Waals surface area contributed by atoms with Crippen LogP contribution in [-0.2, 0) is 23.1 Å². The van der Waals surface area contributed by atoms with Gasteiger partial charge in [-0.3, -0.25) is 13.9 Å². The van der Waals surface area contributed by atoms with Crippen molar-refractivity contribution in [2.24, 2.45) is 11.8 Å². The lowest BCUT2D eigenvalue weighted by Gasteiger charge is -2.35. The Morgan fingerprint density at radius 1 is 0.902 bits per heavy atom. The van der Waals surface area contributed by atoms with E-state index in [0.29, 0.717) is 29.9 Å². The average molecular weight is 586 g/mol. The van der Waals surface area contributed by atoms with Gasteiger partial charge in [-0.15, -0.1) is 0 Å². The molecular weight excluding hydrogens is 538 g/mol. The molecule has 0 bridgehead atoms. The predicted octanol–water partition coefficient (Wildman–Crippen LogP) is 4.12. The Labute approximate surface area is 243 Å². The fraction of sp³-hybridized carbons (Fsp3) is 0.742. The van der Waals surface area contributed by atoms with Crippen LogP contribution >= 0.6 is 0 Å². The van der Waals surface area contributed by atoms with Gasteiger partial charge >= 0.3 is 5.69 Å². The fourth-order valence-electron chi connectivity index (χ4n) is 7.74. The van der Waals surface area contributed by atoms with Crippen LogP contribution in [0.4, 0.5) is 0 Å². The van der Waals surface area contributed by atoms with Crippen molar-refractivity contribution < 1.29 is 8.42 Å². The molecular formula is C31H47N5O4S. The van der Waals surface area contributed by atoms with Gasteiger partial charge in [0.25, 0.3) is 5.56 Å². The number of rotatable bonds is 7. The SMILES string of the molecule is CN1CC(Cn2c(=O)c3cc(S(=O)(=O)NC4(C)CC4)ccc3n(CC3CCCC3)c2=O)C2(CCCCCCCC2)N1. The summed E-state index contributed by atoms with van der Waals surface area (Å²) in [6.07, 6.45) is 15.4. The van der Waals surface area contributed by atoms with Crippen molar-refractivity contribution in [3.8, 4) is 0 Å². The Morgan fingerprint density at radius 2 is 1.56 bits per heavy atom. The van der Waals surface area contributed by atoms with Crippen LogP contribution in [0.1, 0.15) is 96.8 Å². The third-order valence-corrected chi connectivity index (χ3v) is 12.0. The maximum Gasteiger partial charge on any atom is 0.331 e. The average Bonchev–Trinajstić information content (AvgIpc) is 3.29. The van der Waals surface area contributed by atoms with Crippen LogP contribution < -0.4 is 21.4 Å². The number of hydrogen-bond donors (Lipinski definition) is 2. The molecule has 1 aromatic heterocycles. The van der Waals surface area contributed by atoms with E-state index in [0.717, 1.165) is 70.8 Å². The molecule has 0 radical (unpaired) electrons. The molecule has 2 heterocycles. The van der Waals surface area contributed by atoms with E-state index in [2.05, 4.69) is 22.2 Å². The number of aromatic nitrogens is 2. The fourth-order valence-corrected chi connectivity index (χ4v) is 9.23. The smallest absolute Gasteiger partial charge is 0.293 e. The van der Waals surface area contributed by atoms with Gasteiger partial charge in [-0.05, 0) is 69.6 Å². The van der Waals surface area contributed by atoms with Crippen molar-refractivity contribution in [2.75, 3.05) is 13.6 Å². The molecule has 41 heavy (non-hydrogen) atoms. The molecule has 3 saturated carbocycles. The topological polar surface area (TPSA) is 105 Å². The quantitative estimate of drug-likeness (QED) is 0.507. The highest BCUT2D eigenvalue weighted by Gasteiger charge is 2.45. The van der Waals surface area contributed by atoms with E-state index in [-0.39, 0.29) is 27.6 Å². The minimum absolute atomic E-state index is 0.0860. The molecule has 1 aromatic carbocycles. The van der Waals surface area contributed by atoms with Gasteiger partial charge in [0.2, 0.25) is 10.0 Å². The summed E-state index contributed by atoms with van der Waals surface area (Å²) in [5, 5.41) is 2.45. The van der Waals surface area contributed by atoms with Crippen molar-refractivity contribution in [3.63, 3.8) is 0 Å². The summed E-state index contributed by atoms with van der Waals surface area (Å²) in [6, 6.07) is 4.72. The highest BCUT2D eigenvalue weighted by atomic mass is 32.2. The number of benzene rings is 1. The third-order valence-electron chi connectivity index (χ3n) is 10.4. The van der Waals surface area contributed by atoms with Crippen LogP contribution in [0.15, 0.2) is 32.7 Å². The van der Waals surface area contributed by atoms with Gasteiger partial charge in [0, 0.05) is 43.7 Å². The molecule has 1 aliphatic heterocycles. The van der Waals surface area contributed by atoms with Gasteiger partial charge in [0.1, 0.15) is 0 Å². The number of fused-ring (bicyclic) bond motifs is 1. The summed E-state index contributed by atoms with van der Waals surface area (Å²) in [4.78, 5) is 28.4. The first-order valence-corrected chi connectivity index (χ1v) is 17.4. The zero-order chi connectivity index (χ0) is 28.8. The molecule has 226 valence electrons. The molecule has 1 atom stereocenters. The lowest BCUT2D eigenvalue weighted by molar-refractivity contribution is 0.177. The second-order valence-electron chi connectivity index (χ2n) is 13.8. The Bertz CT molecular complexity index is 1490. The largest absolute Gasteiger partial charge is 0.331 e.